The summed E-state index contributed by atoms with van der Waals surface area (Å²) in [6.45, 7) is 12.5. The Balaban J connectivity index is 1.87. The number of ether oxygens (including phenoxy) is 2. The molecule has 0 saturated heterocycles. The second-order valence-corrected chi connectivity index (χ2v) is 15.0. The number of hydrogen-bond donors (Lipinski definition) is 0. The minimum Gasteiger partial charge on any atom is -0.497 e. The number of rotatable bonds is 14. The maximum atomic E-state index is 12.4. The molecule has 0 bridgehead atoms. The molecule has 0 aliphatic carbocycles. The van der Waals surface area contributed by atoms with Crippen LogP contribution < -0.4 is 4.74 Å². The van der Waals surface area contributed by atoms with Crippen LogP contribution in [0.15, 0.2) is 66.7 Å². The summed E-state index contributed by atoms with van der Waals surface area (Å²) in [5, 5.41) is 0.129. The van der Waals surface area contributed by atoms with Gasteiger partial charge in [-0.05, 0) is 66.7 Å². The Morgan fingerprint density at radius 1 is 1.00 bits per heavy atom. The van der Waals surface area contributed by atoms with Crippen LogP contribution in [0.5, 0.6) is 5.75 Å². The topological polar surface area (TPSA) is 44.8 Å². The number of hydrogen-bond acceptors (Lipinski definition) is 4. The second kappa shape index (κ2) is 13.6. The van der Waals surface area contributed by atoms with Crippen LogP contribution in [0, 0.1) is 0 Å². The zero-order valence-corrected chi connectivity index (χ0v) is 22.8. The quantitative estimate of drug-likeness (QED) is 0.163. The van der Waals surface area contributed by atoms with Crippen LogP contribution in [-0.2, 0) is 27.0 Å². The fourth-order valence-corrected chi connectivity index (χ4v) is 4.69. The molecule has 4 nitrogen and oxygen atoms in total. The highest BCUT2D eigenvalue weighted by Crippen LogP contribution is 2.38. The van der Waals surface area contributed by atoms with E-state index in [1.165, 1.54) is 5.56 Å². The number of ketones is 1. The molecule has 0 heterocycles. The molecule has 0 radical (unpaired) electrons. The molecule has 0 aliphatic rings. The van der Waals surface area contributed by atoms with E-state index >= 15 is 0 Å². The second-order valence-electron chi connectivity index (χ2n) is 10.3. The molecule has 0 saturated carbocycles. The Morgan fingerprint density at radius 2 is 1.68 bits per heavy atom. The van der Waals surface area contributed by atoms with E-state index in [1.807, 2.05) is 48.5 Å². The summed E-state index contributed by atoms with van der Waals surface area (Å²) in [6.07, 6.45) is 6.56. The van der Waals surface area contributed by atoms with E-state index in [9.17, 15) is 4.79 Å². The van der Waals surface area contributed by atoms with Crippen LogP contribution in [0.3, 0.4) is 0 Å². The molecule has 0 aromatic heterocycles. The molecule has 0 fully saturated rings. The van der Waals surface area contributed by atoms with Gasteiger partial charge in [0.1, 0.15) is 5.75 Å². The first-order chi connectivity index (χ1) is 16.1. The lowest BCUT2D eigenvalue weighted by Gasteiger charge is -2.39. The van der Waals surface area contributed by atoms with Crippen molar-refractivity contribution in [2.75, 3.05) is 13.7 Å². The van der Waals surface area contributed by atoms with Gasteiger partial charge in [-0.1, -0.05) is 69.3 Å². The standard InChI is InChI=1S/C29H42O4Si/c1-29(2,3)34(5,6)33-28(21-22-32-23-25-16-19-27(31-4)20-17-25)14-10-13-26(30)18-15-24-11-8-7-9-12-24/h7-13,16-17,19-20,28H,14-15,18,21-23H2,1-6H3/b13-10+/t28-/m1/s1. The summed E-state index contributed by atoms with van der Waals surface area (Å²) in [7, 11) is -0.261. The molecular weight excluding hydrogens is 440 g/mol. The van der Waals surface area contributed by atoms with Gasteiger partial charge in [0.2, 0.25) is 0 Å². The zero-order chi connectivity index (χ0) is 25.0. The van der Waals surface area contributed by atoms with Crippen molar-refractivity contribution in [3.8, 4) is 5.75 Å². The zero-order valence-electron chi connectivity index (χ0n) is 21.8. The molecule has 0 unspecified atom stereocenters. The van der Waals surface area contributed by atoms with E-state index < -0.39 is 8.32 Å². The fraction of sp³-hybridized carbons (Fsp3) is 0.483. The summed E-state index contributed by atoms with van der Waals surface area (Å²) in [5.41, 5.74) is 2.31. The van der Waals surface area contributed by atoms with Crippen molar-refractivity contribution < 1.29 is 18.7 Å². The average Bonchev–Trinajstić information content (AvgIpc) is 2.80. The molecule has 0 amide bonds. The molecule has 0 N–H and O–H groups in total. The van der Waals surface area contributed by atoms with Crippen LogP contribution in [0.25, 0.3) is 0 Å². The lowest BCUT2D eigenvalue weighted by Crippen LogP contribution is -2.44. The molecule has 1 atom stereocenters. The van der Waals surface area contributed by atoms with E-state index in [0.717, 1.165) is 30.6 Å². The molecular formula is C29H42O4Si. The van der Waals surface area contributed by atoms with Crippen molar-refractivity contribution in [3.63, 3.8) is 0 Å². The predicted octanol–water partition coefficient (Wildman–Crippen LogP) is 7.14. The van der Waals surface area contributed by atoms with Crippen molar-refractivity contribution in [2.24, 2.45) is 0 Å². The highest BCUT2D eigenvalue weighted by atomic mass is 28.4. The summed E-state index contributed by atoms with van der Waals surface area (Å²) < 4.78 is 17.8. The van der Waals surface area contributed by atoms with E-state index in [0.29, 0.717) is 19.6 Å². The highest BCUT2D eigenvalue weighted by Gasteiger charge is 2.38. The fourth-order valence-electron chi connectivity index (χ4n) is 3.29. The molecule has 0 spiro atoms. The normalized spacial score (nSPS) is 13.2. The number of benzene rings is 2. The largest absolute Gasteiger partial charge is 0.497 e. The van der Waals surface area contributed by atoms with Crippen molar-refractivity contribution in [2.45, 2.75) is 77.3 Å². The molecule has 186 valence electrons. The minimum atomic E-state index is -1.93. The summed E-state index contributed by atoms with van der Waals surface area (Å²) in [4.78, 5) is 12.4. The Morgan fingerprint density at radius 3 is 2.29 bits per heavy atom. The van der Waals surface area contributed by atoms with Gasteiger partial charge in [0.05, 0.1) is 19.8 Å². The third kappa shape index (κ3) is 9.96. The Hall–Kier alpha value is -2.21. The maximum Gasteiger partial charge on any atom is 0.192 e. The van der Waals surface area contributed by atoms with Crippen molar-refractivity contribution in [1.29, 1.82) is 0 Å². The smallest absolute Gasteiger partial charge is 0.192 e. The first-order valence-electron chi connectivity index (χ1n) is 12.2. The Kier molecular flexibility index (Phi) is 11.2. The predicted molar refractivity (Wildman–Crippen MR) is 143 cm³/mol. The Bertz CT molecular complexity index is 883. The molecule has 34 heavy (non-hydrogen) atoms. The van der Waals surface area contributed by atoms with Gasteiger partial charge < -0.3 is 13.9 Å². The van der Waals surface area contributed by atoms with Crippen LogP contribution in [0.2, 0.25) is 18.1 Å². The third-order valence-electron chi connectivity index (χ3n) is 6.49. The number of carbonyl (C=O) groups is 1. The van der Waals surface area contributed by atoms with Crippen LogP contribution in [0.1, 0.15) is 51.2 Å². The number of aryl methyl sites for hydroxylation is 1. The average molecular weight is 483 g/mol. The van der Waals surface area contributed by atoms with Gasteiger partial charge in [-0.3, -0.25) is 4.79 Å². The lowest BCUT2D eigenvalue weighted by atomic mass is 10.1. The SMILES string of the molecule is COc1ccc(COCC[C@@H](C/C=C/C(=O)CCc2ccccc2)O[Si](C)(C)C(C)(C)C)cc1. The van der Waals surface area contributed by atoms with E-state index in [2.05, 4.69) is 46.0 Å². The minimum absolute atomic E-state index is 0.0370. The Labute approximate surface area is 207 Å². The summed E-state index contributed by atoms with van der Waals surface area (Å²) in [5.74, 6) is 1.00. The highest BCUT2D eigenvalue weighted by molar-refractivity contribution is 6.74. The number of allylic oxidation sites excluding steroid dienone is 1. The van der Waals surface area contributed by atoms with Crippen LogP contribution >= 0.6 is 0 Å². The van der Waals surface area contributed by atoms with Crippen molar-refractivity contribution in [3.05, 3.63) is 77.9 Å². The van der Waals surface area contributed by atoms with Crippen molar-refractivity contribution >= 4 is 14.1 Å². The van der Waals surface area contributed by atoms with Gasteiger partial charge in [-0.25, -0.2) is 0 Å². The lowest BCUT2D eigenvalue weighted by molar-refractivity contribution is -0.114. The van der Waals surface area contributed by atoms with Crippen molar-refractivity contribution in [1.82, 2.24) is 0 Å². The summed E-state index contributed by atoms with van der Waals surface area (Å²) in [6, 6.07) is 18.1. The number of methoxy groups -OCH3 is 1. The first kappa shape index (κ1) is 28.0. The van der Waals surface area contributed by atoms with Crippen LogP contribution in [-0.4, -0.2) is 33.9 Å². The van der Waals surface area contributed by atoms with E-state index in [-0.39, 0.29) is 16.9 Å². The molecule has 2 aromatic carbocycles. The van der Waals surface area contributed by atoms with Gasteiger partial charge in [-0.2, -0.15) is 0 Å². The van der Waals surface area contributed by atoms with E-state index in [1.54, 1.807) is 13.2 Å². The van der Waals surface area contributed by atoms with E-state index in [4.69, 9.17) is 13.9 Å². The van der Waals surface area contributed by atoms with Gasteiger partial charge in [0.15, 0.2) is 14.1 Å². The number of carbonyl (C=O) groups excluding carboxylic acids is 1. The summed E-state index contributed by atoms with van der Waals surface area (Å²) >= 11 is 0. The van der Waals surface area contributed by atoms with Gasteiger partial charge in [0, 0.05) is 13.0 Å². The van der Waals surface area contributed by atoms with Crippen LogP contribution in [0.4, 0.5) is 0 Å². The van der Waals surface area contributed by atoms with Gasteiger partial charge in [0.25, 0.3) is 0 Å². The first-order valence-corrected chi connectivity index (χ1v) is 15.1. The third-order valence-corrected chi connectivity index (χ3v) is 11.0. The molecule has 2 aromatic rings. The van der Waals surface area contributed by atoms with Gasteiger partial charge >= 0.3 is 0 Å². The molecule has 0 aliphatic heterocycles. The monoisotopic (exact) mass is 482 g/mol. The van der Waals surface area contributed by atoms with Gasteiger partial charge in [-0.15, -0.1) is 0 Å². The molecule has 2 rings (SSSR count). The molecule has 5 heteroatoms. The maximum absolute atomic E-state index is 12.4.